The lowest BCUT2D eigenvalue weighted by Gasteiger charge is -2.38. The van der Waals surface area contributed by atoms with Crippen LogP contribution in [0.1, 0.15) is 24.8 Å². The number of piperazine rings is 1. The first-order valence-electron chi connectivity index (χ1n) is 9.17. The van der Waals surface area contributed by atoms with Gasteiger partial charge in [0.1, 0.15) is 17.3 Å². The van der Waals surface area contributed by atoms with E-state index in [4.69, 9.17) is 18.9 Å². The summed E-state index contributed by atoms with van der Waals surface area (Å²) in [5.41, 5.74) is 1.80. The van der Waals surface area contributed by atoms with Gasteiger partial charge < -0.3 is 18.8 Å². The van der Waals surface area contributed by atoms with Gasteiger partial charge in [0.05, 0.1) is 25.5 Å². The van der Waals surface area contributed by atoms with Crippen molar-refractivity contribution in [3.63, 3.8) is 0 Å². The molecule has 0 bridgehead atoms. The zero-order valence-corrected chi connectivity index (χ0v) is 16.4. The maximum Gasteiger partial charge on any atom is 0.230 e. The SMILES string of the molecule is CCC1CN(Cc2nc(-c3cc(OC)ccc3OC)oc2C)CCN1C. The van der Waals surface area contributed by atoms with E-state index in [0.29, 0.717) is 11.9 Å². The minimum Gasteiger partial charge on any atom is -0.497 e. The maximum atomic E-state index is 5.97. The monoisotopic (exact) mass is 359 g/mol. The molecule has 1 aromatic carbocycles. The largest absolute Gasteiger partial charge is 0.497 e. The molecule has 2 heterocycles. The number of oxazole rings is 1. The number of methoxy groups -OCH3 is 2. The van der Waals surface area contributed by atoms with Gasteiger partial charge in [0.15, 0.2) is 0 Å². The van der Waals surface area contributed by atoms with Crippen LogP contribution in [0.3, 0.4) is 0 Å². The van der Waals surface area contributed by atoms with Crippen molar-refractivity contribution in [2.75, 3.05) is 40.9 Å². The van der Waals surface area contributed by atoms with Gasteiger partial charge in [-0.05, 0) is 38.6 Å². The van der Waals surface area contributed by atoms with Gasteiger partial charge in [0, 0.05) is 32.2 Å². The Morgan fingerprint density at radius 1 is 1.23 bits per heavy atom. The highest BCUT2D eigenvalue weighted by Gasteiger charge is 2.25. The average Bonchev–Trinajstić information content (AvgIpc) is 3.03. The molecule has 1 fully saturated rings. The minimum absolute atomic E-state index is 0.578. The fraction of sp³-hybridized carbons (Fsp3) is 0.550. The van der Waals surface area contributed by atoms with Crippen LogP contribution in [-0.2, 0) is 6.54 Å². The summed E-state index contributed by atoms with van der Waals surface area (Å²) in [6.45, 7) is 8.25. The van der Waals surface area contributed by atoms with E-state index >= 15 is 0 Å². The van der Waals surface area contributed by atoms with E-state index in [1.807, 2.05) is 25.1 Å². The van der Waals surface area contributed by atoms with E-state index < -0.39 is 0 Å². The van der Waals surface area contributed by atoms with E-state index in [1.165, 1.54) is 0 Å². The van der Waals surface area contributed by atoms with Crippen LogP contribution in [0.15, 0.2) is 22.6 Å². The fourth-order valence-corrected chi connectivity index (χ4v) is 3.48. The molecular weight excluding hydrogens is 330 g/mol. The van der Waals surface area contributed by atoms with Gasteiger partial charge in [-0.2, -0.15) is 0 Å². The van der Waals surface area contributed by atoms with E-state index in [-0.39, 0.29) is 0 Å². The molecule has 0 amide bonds. The van der Waals surface area contributed by atoms with Crippen molar-refractivity contribution in [2.24, 2.45) is 0 Å². The summed E-state index contributed by atoms with van der Waals surface area (Å²) < 4.78 is 16.8. The molecule has 1 aliphatic rings. The Hall–Kier alpha value is -2.05. The smallest absolute Gasteiger partial charge is 0.230 e. The Labute approximate surface area is 155 Å². The zero-order chi connectivity index (χ0) is 18.7. The number of nitrogens with zero attached hydrogens (tertiary/aromatic N) is 3. The molecule has 1 aliphatic heterocycles. The highest BCUT2D eigenvalue weighted by Crippen LogP contribution is 2.34. The van der Waals surface area contributed by atoms with Crippen molar-refractivity contribution in [3.8, 4) is 23.0 Å². The van der Waals surface area contributed by atoms with Crippen molar-refractivity contribution in [3.05, 3.63) is 29.7 Å². The van der Waals surface area contributed by atoms with Gasteiger partial charge in [-0.1, -0.05) is 6.92 Å². The van der Waals surface area contributed by atoms with Crippen molar-refractivity contribution in [1.82, 2.24) is 14.8 Å². The number of hydrogen-bond acceptors (Lipinski definition) is 6. The summed E-state index contributed by atoms with van der Waals surface area (Å²) in [6, 6.07) is 6.25. The van der Waals surface area contributed by atoms with E-state index in [9.17, 15) is 0 Å². The first-order chi connectivity index (χ1) is 12.5. The maximum absolute atomic E-state index is 5.97. The quantitative estimate of drug-likeness (QED) is 0.789. The number of aromatic nitrogens is 1. The normalized spacial score (nSPS) is 18.9. The second-order valence-electron chi connectivity index (χ2n) is 6.87. The molecule has 1 atom stereocenters. The van der Waals surface area contributed by atoms with Gasteiger partial charge in [-0.3, -0.25) is 4.90 Å². The minimum atomic E-state index is 0.578. The summed E-state index contributed by atoms with van der Waals surface area (Å²) in [5.74, 6) is 2.92. The second kappa shape index (κ2) is 8.10. The van der Waals surface area contributed by atoms with Crippen LogP contribution in [0.2, 0.25) is 0 Å². The number of hydrogen-bond donors (Lipinski definition) is 0. The van der Waals surface area contributed by atoms with Gasteiger partial charge in [-0.15, -0.1) is 0 Å². The third-order valence-corrected chi connectivity index (χ3v) is 5.24. The van der Waals surface area contributed by atoms with E-state index in [0.717, 1.165) is 61.1 Å². The molecule has 6 heteroatoms. The Balaban J connectivity index is 1.82. The van der Waals surface area contributed by atoms with Crippen LogP contribution in [0.4, 0.5) is 0 Å². The average molecular weight is 359 g/mol. The topological polar surface area (TPSA) is 51.0 Å². The van der Waals surface area contributed by atoms with Crippen LogP contribution < -0.4 is 9.47 Å². The molecule has 0 radical (unpaired) electrons. The van der Waals surface area contributed by atoms with Crippen LogP contribution in [-0.4, -0.2) is 61.7 Å². The zero-order valence-electron chi connectivity index (χ0n) is 16.4. The number of ether oxygens (including phenoxy) is 2. The molecule has 142 valence electrons. The van der Waals surface area contributed by atoms with E-state index in [2.05, 4.69) is 23.8 Å². The third kappa shape index (κ3) is 3.86. The van der Waals surface area contributed by atoms with Gasteiger partial charge in [0.2, 0.25) is 5.89 Å². The number of benzene rings is 1. The second-order valence-corrected chi connectivity index (χ2v) is 6.87. The first kappa shape index (κ1) is 18.7. The van der Waals surface area contributed by atoms with Gasteiger partial charge >= 0.3 is 0 Å². The first-order valence-corrected chi connectivity index (χ1v) is 9.17. The molecule has 1 aromatic heterocycles. The Bertz CT molecular complexity index is 744. The molecule has 0 N–H and O–H groups in total. The van der Waals surface area contributed by atoms with Crippen LogP contribution in [0.25, 0.3) is 11.5 Å². The number of aryl methyl sites for hydroxylation is 1. The number of rotatable bonds is 6. The van der Waals surface area contributed by atoms with Gasteiger partial charge in [-0.25, -0.2) is 4.98 Å². The predicted molar refractivity (Wildman–Crippen MR) is 102 cm³/mol. The molecule has 26 heavy (non-hydrogen) atoms. The predicted octanol–water partition coefficient (Wildman–Crippen LogP) is 3.19. The van der Waals surface area contributed by atoms with Crippen LogP contribution in [0, 0.1) is 6.92 Å². The lowest BCUT2D eigenvalue weighted by molar-refractivity contribution is 0.0873. The fourth-order valence-electron chi connectivity index (χ4n) is 3.48. The van der Waals surface area contributed by atoms with Crippen molar-refractivity contribution in [1.29, 1.82) is 0 Å². The molecule has 2 aromatic rings. The van der Waals surface area contributed by atoms with Crippen LogP contribution >= 0.6 is 0 Å². The summed E-state index contributed by atoms with van der Waals surface area (Å²) in [5, 5.41) is 0. The summed E-state index contributed by atoms with van der Waals surface area (Å²) >= 11 is 0. The highest BCUT2D eigenvalue weighted by atomic mass is 16.5. The van der Waals surface area contributed by atoms with Crippen molar-refractivity contribution < 1.29 is 13.9 Å². The summed E-state index contributed by atoms with van der Waals surface area (Å²) in [7, 11) is 5.51. The van der Waals surface area contributed by atoms with Gasteiger partial charge in [0.25, 0.3) is 0 Å². The summed E-state index contributed by atoms with van der Waals surface area (Å²) in [6.07, 6.45) is 1.16. The molecule has 0 saturated carbocycles. The Morgan fingerprint density at radius 3 is 2.73 bits per heavy atom. The lowest BCUT2D eigenvalue weighted by atomic mass is 10.1. The molecule has 1 saturated heterocycles. The Kier molecular flexibility index (Phi) is 5.84. The van der Waals surface area contributed by atoms with Crippen molar-refractivity contribution in [2.45, 2.75) is 32.9 Å². The Morgan fingerprint density at radius 2 is 2.04 bits per heavy atom. The van der Waals surface area contributed by atoms with Crippen molar-refractivity contribution >= 4 is 0 Å². The number of likely N-dealkylation sites (N-methyl/N-ethyl adjacent to an activating group) is 1. The van der Waals surface area contributed by atoms with E-state index in [1.54, 1.807) is 14.2 Å². The highest BCUT2D eigenvalue weighted by molar-refractivity contribution is 5.65. The molecule has 6 nitrogen and oxygen atoms in total. The summed E-state index contributed by atoms with van der Waals surface area (Å²) in [4.78, 5) is 9.68. The molecular formula is C20H29N3O3. The third-order valence-electron chi connectivity index (χ3n) is 5.24. The molecule has 3 rings (SSSR count). The van der Waals surface area contributed by atoms with Crippen LogP contribution in [0.5, 0.6) is 11.5 Å². The molecule has 1 unspecified atom stereocenters. The molecule has 0 spiro atoms. The standard InChI is InChI=1S/C20H29N3O3/c1-6-15-12-23(10-9-22(15)3)13-18-14(2)26-20(21-18)17-11-16(24-4)7-8-19(17)25-5/h7-8,11,15H,6,9-10,12-13H2,1-5H3. The lowest BCUT2D eigenvalue weighted by Crippen LogP contribution is -2.50. The molecule has 0 aliphatic carbocycles.